The van der Waals surface area contributed by atoms with Gasteiger partial charge in [-0.25, -0.2) is 0 Å². The number of nitrogens with zero attached hydrogens (tertiary/aromatic N) is 1. The van der Waals surface area contributed by atoms with Crippen molar-refractivity contribution in [1.82, 2.24) is 0 Å². The van der Waals surface area contributed by atoms with Crippen molar-refractivity contribution >= 4 is 80.9 Å². The van der Waals surface area contributed by atoms with E-state index in [1.54, 1.807) is 0 Å². The molecule has 0 atom stereocenters. The van der Waals surface area contributed by atoms with Gasteiger partial charge in [0.25, 0.3) is 0 Å². The minimum Gasteiger partial charge on any atom is -0.310 e. The summed E-state index contributed by atoms with van der Waals surface area (Å²) in [5, 5.41) is 10.1. The Morgan fingerprint density at radius 3 is 1.64 bits per heavy atom. The first kappa shape index (κ1) is 32.4. The average Bonchev–Trinajstić information content (AvgIpc) is 3.66. The van der Waals surface area contributed by atoms with Crippen molar-refractivity contribution in [2.24, 2.45) is 0 Å². The van der Waals surface area contributed by atoms with Crippen LogP contribution in [0, 0.1) is 0 Å². The first-order chi connectivity index (χ1) is 27.8. The predicted octanol–water partition coefficient (Wildman–Crippen LogP) is 16.0. The van der Waals surface area contributed by atoms with Crippen LogP contribution in [0.3, 0.4) is 0 Å². The zero-order valence-corrected chi connectivity index (χ0v) is 31.4. The summed E-state index contributed by atoms with van der Waals surface area (Å²) in [6, 6.07) is 77.8. The maximum atomic E-state index is 2.47. The highest BCUT2D eigenvalue weighted by atomic mass is 32.1. The summed E-state index contributed by atoms with van der Waals surface area (Å²) in [5.41, 5.74) is 10.8. The minimum absolute atomic E-state index is 1.11. The molecule has 0 saturated heterocycles. The number of hydrogen-bond acceptors (Lipinski definition) is 2. The average molecular weight is 730 g/mol. The molecule has 0 bridgehead atoms. The third-order valence-electron chi connectivity index (χ3n) is 11.2. The molecule has 0 aliphatic heterocycles. The van der Waals surface area contributed by atoms with E-state index in [1.807, 2.05) is 11.3 Å². The van der Waals surface area contributed by atoms with E-state index in [-0.39, 0.29) is 0 Å². The summed E-state index contributed by atoms with van der Waals surface area (Å²) in [6.45, 7) is 0. The quantitative estimate of drug-likeness (QED) is 0.154. The van der Waals surface area contributed by atoms with Gasteiger partial charge in [0, 0.05) is 31.5 Å². The molecule has 0 unspecified atom stereocenters. The molecule has 2 heteroatoms. The van der Waals surface area contributed by atoms with Crippen molar-refractivity contribution in [3.05, 3.63) is 212 Å². The number of fused-ring (bicyclic) bond motifs is 7. The summed E-state index contributed by atoms with van der Waals surface area (Å²) in [7, 11) is 0. The number of rotatable bonds is 6. The van der Waals surface area contributed by atoms with Gasteiger partial charge < -0.3 is 4.90 Å². The van der Waals surface area contributed by atoms with Gasteiger partial charge in [-0.3, -0.25) is 0 Å². The largest absolute Gasteiger partial charge is 0.310 e. The van der Waals surface area contributed by atoms with Crippen LogP contribution in [0.4, 0.5) is 17.1 Å². The lowest BCUT2D eigenvalue weighted by atomic mass is 9.85. The third kappa shape index (κ3) is 5.30. The molecular formula is C54H35NS. The maximum Gasteiger partial charge on any atom is 0.0554 e. The highest BCUT2D eigenvalue weighted by molar-refractivity contribution is 7.26. The Kier molecular flexibility index (Phi) is 7.75. The molecule has 11 aromatic rings. The van der Waals surface area contributed by atoms with E-state index >= 15 is 0 Å². The molecule has 0 fully saturated rings. The van der Waals surface area contributed by atoms with E-state index in [1.165, 1.54) is 91.6 Å². The fourth-order valence-electron chi connectivity index (χ4n) is 8.76. The van der Waals surface area contributed by atoms with E-state index in [0.717, 1.165) is 11.4 Å². The molecule has 56 heavy (non-hydrogen) atoms. The molecule has 0 amide bonds. The predicted molar refractivity (Wildman–Crippen MR) is 243 cm³/mol. The summed E-state index contributed by atoms with van der Waals surface area (Å²) in [4.78, 5) is 2.47. The van der Waals surface area contributed by atoms with Crippen LogP contribution in [0.5, 0.6) is 0 Å². The molecule has 0 saturated carbocycles. The fourth-order valence-corrected chi connectivity index (χ4v) is 9.89. The second kappa shape index (κ2) is 13.4. The Bertz CT molecular complexity index is 3230. The van der Waals surface area contributed by atoms with E-state index < -0.39 is 0 Å². The van der Waals surface area contributed by atoms with Crippen molar-refractivity contribution < 1.29 is 0 Å². The van der Waals surface area contributed by atoms with Gasteiger partial charge in [-0.1, -0.05) is 170 Å². The van der Waals surface area contributed by atoms with Crippen LogP contribution < -0.4 is 4.90 Å². The van der Waals surface area contributed by atoms with Crippen molar-refractivity contribution in [2.45, 2.75) is 0 Å². The lowest BCUT2D eigenvalue weighted by molar-refractivity contribution is 1.31. The standard InChI is InChI=1S/C54H35NS/c1-3-16-38(17-4-1)52-46-23-10-9-22-44(46)45-34-33-41(35-48(45)53(52)39-18-5-2-6-19-39)55(49-26-14-28-51-54(49)47-24-11-12-27-50(47)56-51)40-31-29-37(30-32-40)43-25-13-20-36-15-7-8-21-42(36)43/h1-35H. The van der Waals surface area contributed by atoms with Crippen LogP contribution in [0.15, 0.2) is 212 Å². The Morgan fingerprint density at radius 2 is 0.875 bits per heavy atom. The monoisotopic (exact) mass is 729 g/mol. The van der Waals surface area contributed by atoms with Gasteiger partial charge in [-0.05, 0) is 108 Å². The van der Waals surface area contributed by atoms with Gasteiger partial charge >= 0.3 is 0 Å². The second-order valence-corrected chi connectivity index (χ2v) is 15.5. The first-order valence-corrected chi connectivity index (χ1v) is 20.0. The van der Waals surface area contributed by atoms with Gasteiger partial charge in [0.2, 0.25) is 0 Å². The van der Waals surface area contributed by atoms with Crippen molar-refractivity contribution in [3.8, 4) is 33.4 Å². The summed E-state index contributed by atoms with van der Waals surface area (Å²) in [5.74, 6) is 0. The number of anilines is 3. The Hall–Kier alpha value is -7.00. The van der Waals surface area contributed by atoms with Crippen LogP contribution in [0.2, 0.25) is 0 Å². The molecule has 0 aliphatic rings. The van der Waals surface area contributed by atoms with Gasteiger partial charge in [0.15, 0.2) is 0 Å². The third-order valence-corrected chi connectivity index (χ3v) is 12.4. The van der Waals surface area contributed by atoms with Gasteiger partial charge in [-0.2, -0.15) is 0 Å². The molecule has 0 spiro atoms. The van der Waals surface area contributed by atoms with E-state index in [9.17, 15) is 0 Å². The van der Waals surface area contributed by atoms with Crippen LogP contribution in [-0.4, -0.2) is 0 Å². The van der Waals surface area contributed by atoms with Crippen LogP contribution in [-0.2, 0) is 0 Å². The summed E-state index contributed by atoms with van der Waals surface area (Å²) >= 11 is 1.86. The second-order valence-electron chi connectivity index (χ2n) is 14.4. The summed E-state index contributed by atoms with van der Waals surface area (Å²) < 4.78 is 2.58. The molecule has 0 N–H and O–H groups in total. The smallest absolute Gasteiger partial charge is 0.0554 e. The van der Waals surface area contributed by atoms with Crippen molar-refractivity contribution in [3.63, 3.8) is 0 Å². The highest BCUT2D eigenvalue weighted by Gasteiger charge is 2.22. The SMILES string of the molecule is c1ccc(-c2c(-c3ccccc3)c3cc(N(c4ccc(-c5cccc6ccccc56)cc4)c4cccc5sc6ccccc6c45)ccc3c3ccccc23)cc1. The Balaban J connectivity index is 1.20. The first-order valence-electron chi connectivity index (χ1n) is 19.2. The van der Waals surface area contributed by atoms with E-state index in [4.69, 9.17) is 0 Å². The molecule has 262 valence electrons. The van der Waals surface area contributed by atoms with Gasteiger partial charge in [0.05, 0.1) is 5.69 Å². The summed E-state index contributed by atoms with van der Waals surface area (Å²) in [6.07, 6.45) is 0. The maximum absolute atomic E-state index is 2.47. The van der Waals surface area contributed by atoms with Gasteiger partial charge in [0.1, 0.15) is 0 Å². The van der Waals surface area contributed by atoms with Gasteiger partial charge in [-0.15, -0.1) is 11.3 Å². The number of thiophene rings is 1. The normalized spacial score (nSPS) is 11.6. The minimum atomic E-state index is 1.11. The van der Waals surface area contributed by atoms with Crippen LogP contribution in [0.25, 0.3) is 85.9 Å². The lowest BCUT2D eigenvalue weighted by Gasteiger charge is -2.28. The van der Waals surface area contributed by atoms with Crippen molar-refractivity contribution in [2.75, 3.05) is 4.90 Å². The lowest BCUT2D eigenvalue weighted by Crippen LogP contribution is -2.10. The van der Waals surface area contributed by atoms with E-state index in [2.05, 4.69) is 217 Å². The Morgan fingerprint density at radius 1 is 0.321 bits per heavy atom. The molecule has 1 aromatic heterocycles. The topological polar surface area (TPSA) is 3.24 Å². The van der Waals surface area contributed by atoms with E-state index in [0.29, 0.717) is 0 Å². The molecule has 0 aliphatic carbocycles. The molecule has 11 rings (SSSR count). The fraction of sp³-hybridized carbons (Fsp3) is 0. The van der Waals surface area contributed by atoms with Crippen LogP contribution in [0.1, 0.15) is 0 Å². The molecule has 1 nitrogen and oxygen atoms in total. The van der Waals surface area contributed by atoms with Crippen LogP contribution >= 0.6 is 11.3 Å². The highest BCUT2D eigenvalue weighted by Crippen LogP contribution is 2.49. The molecule has 1 heterocycles. The Labute approximate surface area is 330 Å². The zero-order chi connectivity index (χ0) is 37.0. The zero-order valence-electron chi connectivity index (χ0n) is 30.6. The molecule has 10 aromatic carbocycles. The van der Waals surface area contributed by atoms with Crippen molar-refractivity contribution in [1.29, 1.82) is 0 Å². The molecule has 0 radical (unpaired) electrons. The molecular weight excluding hydrogens is 695 g/mol. The number of hydrogen-bond donors (Lipinski definition) is 0. The number of benzene rings is 10.